The van der Waals surface area contributed by atoms with Gasteiger partial charge >= 0.3 is 0 Å². The van der Waals surface area contributed by atoms with Crippen LogP contribution in [0.3, 0.4) is 0 Å². The van der Waals surface area contributed by atoms with Gasteiger partial charge in [0.05, 0.1) is 7.11 Å². The molecule has 0 amide bonds. The van der Waals surface area contributed by atoms with Crippen LogP contribution >= 0.6 is 0 Å². The lowest BCUT2D eigenvalue weighted by Crippen LogP contribution is -2.16. The molecule has 3 rings (SSSR count). The van der Waals surface area contributed by atoms with Gasteiger partial charge in [0.25, 0.3) is 0 Å². The highest BCUT2D eigenvalue weighted by molar-refractivity contribution is 5.43. The summed E-state index contributed by atoms with van der Waals surface area (Å²) in [6.07, 6.45) is 4.83. The average Bonchev–Trinajstić information content (AvgIpc) is 3.20. The fourth-order valence-corrected chi connectivity index (χ4v) is 2.71. The van der Waals surface area contributed by atoms with E-state index in [2.05, 4.69) is 28.6 Å². The number of nitrogens with one attached hydrogen (secondary N) is 1. The molecule has 1 heterocycles. The van der Waals surface area contributed by atoms with Gasteiger partial charge in [0.1, 0.15) is 6.61 Å². The summed E-state index contributed by atoms with van der Waals surface area (Å²) in [5.41, 5.74) is 2.31. The Kier molecular flexibility index (Phi) is 6.67. The Bertz CT molecular complexity index is 773. The summed E-state index contributed by atoms with van der Waals surface area (Å²) in [7, 11) is 1.66. The summed E-state index contributed by atoms with van der Waals surface area (Å²) in [5.74, 6) is 1.52. The largest absolute Gasteiger partial charge is 0.493 e. The first-order chi connectivity index (χ1) is 12.8. The molecule has 1 aromatic heterocycles. The average molecular weight is 351 g/mol. The number of benzene rings is 2. The molecule has 0 aliphatic carbocycles. The Morgan fingerprint density at radius 3 is 2.65 bits per heavy atom. The Labute approximate surface area is 154 Å². The third kappa shape index (κ3) is 5.36. The van der Waals surface area contributed by atoms with Crippen molar-refractivity contribution in [3.63, 3.8) is 0 Å². The molecule has 136 valence electrons. The van der Waals surface area contributed by atoms with Crippen LogP contribution in [0.4, 0.5) is 0 Å². The molecule has 0 radical (unpaired) electrons. The minimum absolute atomic E-state index is 0.526. The van der Waals surface area contributed by atoms with Gasteiger partial charge in [-0.25, -0.2) is 0 Å². The SMILES string of the molecule is COc1ccc(CNCCCn2cccn2)cc1OCc1ccccc1. The zero-order valence-electron chi connectivity index (χ0n) is 15.1. The van der Waals surface area contributed by atoms with E-state index in [-0.39, 0.29) is 0 Å². The topological polar surface area (TPSA) is 48.3 Å². The van der Waals surface area contributed by atoms with Crippen LogP contribution in [0.5, 0.6) is 11.5 Å². The van der Waals surface area contributed by atoms with Gasteiger partial charge in [-0.05, 0) is 42.3 Å². The molecule has 0 bridgehead atoms. The summed E-state index contributed by atoms with van der Waals surface area (Å²) < 4.78 is 13.3. The summed E-state index contributed by atoms with van der Waals surface area (Å²) in [5, 5.41) is 7.67. The summed E-state index contributed by atoms with van der Waals surface area (Å²) in [4.78, 5) is 0. The predicted octanol–water partition coefficient (Wildman–Crippen LogP) is 3.65. The summed E-state index contributed by atoms with van der Waals surface area (Å²) in [6.45, 7) is 3.18. The van der Waals surface area contributed by atoms with E-state index < -0.39 is 0 Å². The molecule has 0 atom stereocenters. The van der Waals surface area contributed by atoms with E-state index in [1.54, 1.807) is 7.11 Å². The maximum absolute atomic E-state index is 5.97. The van der Waals surface area contributed by atoms with Crippen LogP contribution in [0.1, 0.15) is 17.5 Å². The lowest BCUT2D eigenvalue weighted by atomic mass is 10.2. The van der Waals surface area contributed by atoms with E-state index >= 15 is 0 Å². The van der Waals surface area contributed by atoms with Gasteiger partial charge in [-0.2, -0.15) is 5.10 Å². The monoisotopic (exact) mass is 351 g/mol. The maximum atomic E-state index is 5.97. The van der Waals surface area contributed by atoms with Gasteiger partial charge in [0, 0.05) is 25.5 Å². The van der Waals surface area contributed by atoms with E-state index in [9.17, 15) is 0 Å². The first kappa shape index (κ1) is 18.0. The molecule has 0 fully saturated rings. The number of methoxy groups -OCH3 is 1. The molecule has 1 N–H and O–H groups in total. The van der Waals surface area contributed by atoms with Crippen molar-refractivity contribution in [2.45, 2.75) is 26.1 Å². The quantitative estimate of drug-likeness (QED) is 0.567. The molecular formula is C21H25N3O2. The number of hydrogen-bond donors (Lipinski definition) is 1. The lowest BCUT2D eigenvalue weighted by Gasteiger charge is -2.13. The number of nitrogens with zero attached hydrogens (tertiary/aromatic N) is 2. The van der Waals surface area contributed by atoms with E-state index in [0.717, 1.165) is 43.1 Å². The fourth-order valence-electron chi connectivity index (χ4n) is 2.71. The van der Waals surface area contributed by atoms with E-state index in [0.29, 0.717) is 6.61 Å². The first-order valence-corrected chi connectivity index (χ1v) is 8.87. The Hall–Kier alpha value is -2.79. The molecule has 0 spiro atoms. The van der Waals surface area contributed by atoms with Crippen LogP contribution in [-0.2, 0) is 19.7 Å². The molecule has 0 saturated carbocycles. The van der Waals surface area contributed by atoms with Crippen molar-refractivity contribution in [3.05, 3.63) is 78.1 Å². The third-order valence-electron chi connectivity index (χ3n) is 4.09. The number of rotatable bonds is 10. The summed E-state index contributed by atoms with van der Waals surface area (Å²) >= 11 is 0. The first-order valence-electron chi connectivity index (χ1n) is 8.87. The van der Waals surface area contributed by atoms with Crippen LogP contribution in [0, 0.1) is 0 Å². The second-order valence-corrected chi connectivity index (χ2v) is 6.06. The predicted molar refractivity (Wildman–Crippen MR) is 102 cm³/mol. The molecule has 5 nitrogen and oxygen atoms in total. The number of aryl methyl sites for hydroxylation is 1. The minimum atomic E-state index is 0.526. The second-order valence-electron chi connectivity index (χ2n) is 6.06. The normalized spacial score (nSPS) is 10.7. The van der Waals surface area contributed by atoms with Gasteiger partial charge in [-0.15, -0.1) is 0 Å². The second kappa shape index (κ2) is 9.63. The fraction of sp³-hybridized carbons (Fsp3) is 0.286. The molecule has 2 aromatic carbocycles. The molecule has 5 heteroatoms. The Morgan fingerprint density at radius 2 is 1.88 bits per heavy atom. The molecular weight excluding hydrogens is 326 g/mol. The summed E-state index contributed by atoms with van der Waals surface area (Å²) in [6, 6.07) is 18.1. The standard InChI is InChI=1S/C21H25N3O2/c1-25-20-10-9-19(16-22-11-5-13-24-14-6-12-23-24)15-21(20)26-17-18-7-3-2-4-8-18/h2-4,6-10,12,14-15,22H,5,11,13,16-17H2,1H3. The lowest BCUT2D eigenvalue weighted by molar-refractivity contribution is 0.284. The van der Waals surface area contributed by atoms with Crippen molar-refractivity contribution in [3.8, 4) is 11.5 Å². The van der Waals surface area contributed by atoms with Gasteiger partial charge in [-0.3, -0.25) is 4.68 Å². The highest BCUT2D eigenvalue weighted by Crippen LogP contribution is 2.28. The highest BCUT2D eigenvalue weighted by atomic mass is 16.5. The van der Waals surface area contributed by atoms with Crippen LogP contribution in [0.15, 0.2) is 67.0 Å². The van der Waals surface area contributed by atoms with Gasteiger partial charge < -0.3 is 14.8 Å². The molecule has 0 aliphatic heterocycles. The molecule has 3 aromatic rings. The van der Waals surface area contributed by atoms with Crippen LogP contribution in [-0.4, -0.2) is 23.4 Å². The zero-order valence-corrected chi connectivity index (χ0v) is 15.1. The van der Waals surface area contributed by atoms with Gasteiger partial charge in [0.2, 0.25) is 0 Å². The van der Waals surface area contributed by atoms with Crippen molar-refractivity contribution in [2.75, 3.05) is 13.7 Å². The van der Waals surface area contributed by atoms with Crippen molar-refractivity contribution in [2.24, 2.45) is 0 Å². The van der Waals surface area contributed by atoms with E-state index in [4.69, 9.17) is 9.47 Å². The van der Waals surface area contributed by atoms with Crippen LogP contribution in [0.25, 0.3) is 0 Å². The van der Waals surface area contributed by atoms with E-state index in [1.165, 1.54) is 5.56 Å². The van der Waals surface area contributed by atoms with Crippen molar-refractivity contribution >= 4 is 0 Å². The Morgan fingerprint density at radius 1 is 1.00 bits per heavy atom. The molecule has 0 aliphatic rings. The highest BCUT2D eigenvalue weighted by Gasteiger charge is 2.06. The minimum Gasteiger partial charge on any atom is -0.493 e. The number of ether oxygens (including phenoxy) is 2. The third-order valence-corrected chi connectivity index (χ3v) is 4.09. The van der Waals surface area contributed by atoms with E-state index in [1.807, 2.05) is 53.5 Å². The van der Waals surface area contributed by atoms with Gasteiger partial charge in [-0.1, -0.05) is 36.4 Å². The molecule has 0 saturated heterocycles. The number of hydrogen-bond acceptors (Lipinski definition) is 4. The van der Waals surface area contributed by atoms with Crippen molar-refractivity contribution in [1.29, 1.82) is 0 Å². The Balaban J connectivity index is 1.49. The molecule has 26 heavy (non-hydrogen) atoms. The number of aromatic nitrogens is 2. The molecule has 0 unspecified atom stereocenters. The van der Waals surface area contributed by atoms with Crippen LogP contribution < -0.4 is 14.8 Å². The zero-order chi connectivity index (χ0) is 18.0. The van der Waals surface area contributed by atoms with Crippen molar-refractivity contribution in [1.82, 2.24) is 15.1 Å². The van der Waals surface area contributed by atoms with Crippen molar-refractivity contribution < 1.29 is 9.47 Å². The van der Waals surface area contributed by atoms with Crippen LogP contribution in [0.2, 0.25) is 0 Å². The van der Waals surface area contributed by atoms with Gasteiger partial charge in [0.15, 0.2) is 11.5 Å². The maximum Gasteiger partial charge on any atom is 0.161 e. The smallest absolute Gasteiger partial charge is 0.161 e.